The van der Waals surface area contributed by atoms with Crippen LogP contribution in [-0.2, 0) is 11.8 Å². The largest absolute Gasteiger partial charge is 0.419 e. The summed E-state index contributed by atoms with van der Waals surface area (Å²) in [6.07, 6.45) is 0. The van der Waals surface area contributed by atoms with Crippen molar-refractivity contribution in [2.45, 2.75) is 0 Å². The minimum atomic E-state index is -0.587. The van der Waals surface area contributed by atoms with Crippen LogP contribution in [0, 0.1) is 0 Å². The first-order valence-electron chi connectivity index (χ1n) is 4.62. The Labute approximate surface area is 90.1 Å². The maximum Gasteiger partial charge on any atom is 0.419 e. The van der Waals surface area contributed by atoms with Crippen molar-refractivity contribution in [2.24, 2.45) is 7.05 Å². The Morgan fingerprint density at radius 1 is 1.56 bits per heavy atom. The highest BCUT2D eigenvalue weighted by Crippen LogP contribution is 2.17. The van der Waals surface area contributed by atoms with E-state index in [1.54, 1.807) is 19.2 Å². The number of benzene rings is 1. The highest BCUT2D eigenvalue weighted by molar-refractivity contribution is 5.93. The second-order valence-corrected chi connectivity index (χ2v) is 3.32. The Bertz CT molecular complexity index is 596. The minimum Gasteiger partial charge on any atom is -0.408 e. The van der Waals surface area contributed by atoms with Crippen molar-refractivity contribution >= 4 is 22.7 Å². The highest BCUT2D eigenvalue weighted by Gasteiger charge is 2.07. The number of oxazole rings is 1. The lowest BCUT2D eigenvalue weighted by Gasteiger charge is -2.02. The van der Waals surface area contributed by atoms with Crippen LogP contribution < -0.4 is 11.1 Å². The number of anilines is 1. The Hall–Kier alpha value is -2.08. The second kappa shape index (κ2) is 3.82. The molecule has 0 atom stereocenters. The summed E-state index contributed by atoms with van der Waals surface area (Å²) in [5.41, 5.74) is 1.51. The van der Waals surface area contributed by atoms with E-state index in [1.807, 2.05) is 0 Å². The number of hydrogen-bond donors (Lipinski definition) is 2. The van der Waals surface area contributed by atoms with E-state index in [9.17, 15) is 9.59 Å². The van der Waals surface area contributed by atoms with E-state index in [2.05, 4.69) is 5.32 Å². The van der Waals surface area contributed by atoms with Crippen molar-refractivity contribution in [3.05, 3.63) is 28.7 Å². The first-order valence-corrected chi connectivity index (χ1v) is 4.62. The normalized spacial score (nSPS) is 10.6. The van der Waals surface area contributed by atoms with Crippen LogP contribution in [0.3, 0.4) is 0 Å². The summed E-state index contributed by atoms with van der Waals surface area (Å²) in [5, 5.41) is 11.0. The van der Waals surface area contributed by atoms with Gasteiger partial charge in [0.25, 0.3) is 0 Å². The predicted octanol–water partition coefficient (Wildman–Crippen LogP) is 0.0623. The van der Waals surface area contributed by atoms with Gasteiger partial charge in [-0.15, -0.1) is 0 Å². The van der Waals surface area contributed by atoms with Gasteiger partial charge in [0.05, 0.1) is 5.52 Å². The highest BCUT2D eigenvalue weighted by atomic mass is 16.4. The number of nitrogens with zero attached hydrogens (tertiary/aromatic N) is 1. The standard InChI is InChI=1S/C10H10N2O4/c1-12-7-3-2-6(11-9(14)5-13)4-8(7)16-10(12)15/h2-4,13H,5H2,1H3,(H,11,14). The summed E-state index contributed by atoms with van der Waals surface area (Å²) in [7, 11) is 1.60. The fourth-order valence-electron chi connectivity index (χ4n) is 1.41. The van der Waals surface area contributed by atoms with Crippen LogP contribution in [0.2, 0.25) is 0 Å². The lowest BCUT2D eigenvalue weighted by Crippen LogP contribution is -2.15. The molecule has 1 aromatic carbocycles. The Morgan fingerprint density at radius 2 is 2.31 bits per heavy atom. The molecule has 1 heterocycles. The molecule has 84 valence electrons. The molecule has 0 aliphatic carbocycles. The summed E-state index contributed by atoms with van der Waals surface area (Å²) < 4.78 is 6.32. The monoisotopic (exact) mass is 222 g/mol. The minimum absolute atomic E-state index is 0.392. The average molecular weight is 222 g/mol. The van der Waals surface area contributed by atoms with Gasteiger partial charge in [0.15, 0.2) is 5.58 Å². The molecule has 6 nitrogen and oxygen atoms in total. The van der Waals surface area contributed by atoms with E-state index >= 15 is 0 Å². The SMILES string of the molecule is Cn1c(=O)oc2cc(NC(=O)CO)ccc21. The van der Waals surface area contributed by atoms with Gasteiger partial charge in [-0.05, 0) is 12.1 Å². The van der Waals surface area contributed by atoms with Gasteiger partial charge < -0.3 is 14.8 Å². The number of aromatic nitrogens is 1. The molecule has 0 radical (unpaired) electrons. The van der Waals surface area contributed by atoms with Gasteiger partial charge in [0, 0.05) is 18.8 Å². The molecule has 0 saturated heterocycles. The Balaban J connectivity index is 2.45. The summed E-state index contributed by atoms with van der Waals surface area (Å²) in [4.78, 5) is 22.1. The number of amides is 1. The average Bonchev–Trinajstić information content (AvgIpc) is 2.54. The number of carbonyl (C=O) groups is 1. The molecule has 2 N–H and O–H groups in total. The molecule has 0 aliphatic rings. The van der Waals surface area contributed by atoms with Crippen LogP contribution in [0.4, 0.5) is 5.69 Å². The fourth-order valence-corrected chi connectivity index (χ4v) is 1.41. The zero-order valence-corrected chi connectivity index (χ0v) is 8.56. The predicted molar refractivity (Wildman–Crippen MR) is 57.2 cm³/mol. The first kappa shape index (κ1) is 10.4. The van der Waals surface area contributed by atoms with Gasteiger partial charge in [-0.25, -0.2) is 4.79 Å². The summed E-state index contributed by atoms with van der Waals surface area (Å²) in [6, 6.07) is 4.82. The van der Waals surface area contributed by atoms with Gasteiger partial charge in [0.2, 0.25) is 5.91 Å². The lowest BCUT2D eigenvalue weighted by molar-refractivity contribution is -0.118. The molecule has 0 aliphatic heterocycles. The number of fused-ring (bicyclic) bond motifs is 1. The maximum absolute atomic E-state index is 11.2. The third kappa shape index (κ3) is 1.70. The zero-order valence-electron chi connectivity index (χ0n) is 8.56. The molecule has 1 amide bonds. The second-order valence-electron chi connectivity index (χ2n) is 3.32. The zero-order chi connectivity index (χ0) is 11.7. The summed E-state index contributed by atoms with van der Waals surface area (Å²) in [6.45, 7) is -0.587. The molecule has 2 rings (SSSR count). The lowest BCUT2D eigenvalue weighted by atomic mass is 10.3. The summed E-state index contributed by atoms with van der Waals surface area (Å²) >= 11 is 0. The number of aliphatic hydroxyl groups excluding tert-OH is 1. The van der Waals surface area contributed by atoms with Crippen LogP contribution in [0.15, 0.2) is 27.4 Å². The number of aryl methyl sites for hydroxylation is 1. The number of aliphatic hydroxyl groups is 1. The molecule has 2 aromatic rings. The third-order valence-corrected chi connectivity index (χ3v) is 2.22. The Kier molecular flexibility index (Phi) is 2.49. The Morgan fingerprint density at radius 3 is 3.00 bits per heavy atom. The number of hydrogen-bond acceptors (Lipinski definition) is 4. The van der Waals surface area contributed by atoms with Crippen molar-refractivity contribution < 1.29 is 14.3 Å². The number of nitrogens with one attached hydrogen (secondary N) is 1. The number of rotatable bonds is 2. The van der Waals surface area contributed by atoms with E-state index in [-0.39, 0.29) is 0 Å². The molecule has 6 heteroatoms. The van der Waals surface area contributed by atoms with Crippen molar-refractivity contribution in [1.29, 1.82) is 0 Å². The molecular weight excluding hydrogens is 212 g/mol. The fraction of sp³-hybridized carbons (Fsp3) is 0.200. The van der Waals surface area contributed by atoms with Crippen molar-refractivity contribution in [2.75, 3.05) is 11.9 Å². The summed E-state index contributed by atoms with van der Waals surface area (Å²) in [5.74, 6) is -0.974. The van der Waals surface area contributed by atoms with E-state index < -0.39 is 18.3 Å². The van der Waals surface area contributed by atoms with Gasteiger partial charge in [-0.1, -0.05) is 0 Å². The third-order valence-electron chi connectivity index (χ3n) is 2.22. The van der Waals surface area contributed by atoms with Gasteiger partial charge in [-0.2, -0.15) is 0 Å². The van der Waals surface area contributed by atoms with E-state index in [1.165, 1.54) is 10.6 Å². The van der Waals surface area contributed by atoms with Crippen LogP contribution in [0.1, 0.15) is 0 Å². The van der Waals surface area contributed by atoms with Gasteiger partial charge >= 0.3 is 5.76 Å². The molecule has 16 heavy (non-hydrogen) atoms. The number of carbonyl (C=O) groups excluding carboxylic acids is 1. The van der Waals surface area contributed by atoms with Gasteiger partial charge in [-0.3, -0.25) is 9.36 Å². The van der Waals surface area contributed by atoms with Crippen LogP contribution >= 0.6 is 0 Å². The molecular formula is C10H10N2O4. The van der Waals surface area contributed by atoms with Crippen molar-refractivity contribution in [3.63, 3.8) is 0 Å². The van der Waals surface area contributed by atoms with Gasteiger partial charge in [0.1, 0.15) is 6.61 Å². The van der Waals surface area contributed by atoms with E-state index in [0.29, 0.717) is 16.8 Å². The quantitative estimate of drug-likeness (QED) is 0.752. The molecule has 0 spiro atoms. The van der Waals surface area contributed by atoms with Crippen LogP contribution in [0.5, 0.6) is 0 Å². The topological polar surface area (TPSA) is 84.5 Å². The molecule has 0 unspecified atom stereocenters. The van der Waals surface area contributed by atoms with Crippen LogP contribution in [-0.4, -0.2) is 22.2 Å². The van der Waals surface area contributed by atoms with Crippen molar-refractivity contribution in [3.8, 4) is 0 Å². The van der Waals surface area contributed by atoms with Crippen LogP contribution in [0.25, 0.3) is 11.1 Å². The van der Waals surface area contributed by atoms with E-state index in [0.717, 1.165) is 0 Å². The van der Waals surface area contributed by atoms with Crippen molar-refractivity contribution in [1.82, 2.24) is 4.57 Å². The maximum atomic E-state index is 11.2. The molecule has 0 bridgehead atoms. The molecule has 0 saturated carbocycles. The molecule has 0 fully saturated rings. The smallest absolute Gasteiger partial charge is 0.408 e. The van der Waals surface area contributed by atoms with E-state index in [4.69, 9.17) is 9.52 Å². The first-order chi connectivity index (χ1) is 7.61. The molecule has 1 aromatic heterocycles.